The number of halogens is 1. The van der Waals surface area contributed by atoms with E-state index >= 15 is 0 Å². The summed E-state index contributed by atoms with van der Waals surface area (Å²) in [5, 5.41) is 2.78. The SMILES string of the molecule is CS(=O)(=O)N(CCC(=O)NCc1ccccc1)CCc1ccc(F)cc1. The number of carbonyl (C=O) groups is 1. The molecule has 0 bridgehead atoms. The van der Waals surface area contributed by atoms with E-state index in [1.165, 1.54) is 16.4 Å². The molecular weight excluding hydrogens is 355 g/mol. The van der Waals surface area contributed by atoms with Gasteiger partial charge >= 0.3 is 0 Å². The lowest BCUT2D eigenvalue weighted by Gasteiger charge is -2.19. The molecule has 0 saturated carbocycles. The van der Waals surface area contributed by atoms with Gasteiger partial charge in [0.15, 0.2) is 0 Å². The molecule has 0 aromatic heterocycles. The third-order valence-corrected chi connectivity index (χ3v) is 5.26. The number of benzene rings is 2. The summed E-state index contributed by atoms with van der Waals surface area (Å²) < 4.78 is 38.1. The quantitative estimate of drug-likeness (QED) is 0.728. The predicted octanol–water partition coefficient (Wildman–Crippen LogP) is 2.34. The van der Waals surface area contributed by atoms with Gasteiger partial charge in [0.25, 0.3) is 0 Å². The summed E-state index contributed by atoms with van der Waals surface area (Å²) in [5.74, 6) is -0.534. The lowest BCUT2D eigenvalue weighted by atomic mass is 10.1. The molecule has 0 aliphatic rings. The van der Waals surface area contributed by atoms with Crippen LogP contribution in [0.15, 0.2) is 54.6 Å². The van der Waals surface area contributed by atoms with Crippen molar-refractivity contribution >= 4 is 15.9 Å². The second kappa shape index (κ2) is 9.45. The van der Waals surface area contributed by atoms with E-state index < -0.39 is 10.0 Å². The van der Waals surface area contributed by atoms with Crippen molar-refractivity contribution in [3.05, 3.63) is 71.5 Å². The maximum absolute atomic E-state index is 12.9. The second-order valence-corrected chi connectivity index (χ2v) is 8.03. The number of hydrogen-bond acceptors (Lipinski definition) is 3. The first kappa shape index (κ1) is 20.1. The van der Waals surface area contributed by atoms with Crippen molar-refractivity contribution in [2.45, 2.75) is 19.4 Å². The molecule has 26 heavy (non-hydrogen) atoms. The smallest absolute Gasteiger partial charge is 0.221 e. The van der Waals surface area contributed by atoms with Crippen LogP contribution in [0.25, 0.3) is 0 Å². The summed E-state index contributed by atoms with van der Waals surface area (Å²) >= 11 is 0. The monoisotopic (exact) mass is 378 g/mol. The summed E-state index contributed by atoms with van der Waals surface area (Å²) in [6.07, 6.45) is 1.67. The van der Waals surface area contributed by atoms with Gasteiger partial charge in [0.1, 0.15) is 5.82 Å². The lowest BCUT2D eigenvalue weighted by molar-refractivity contribution is -0.121. The third-order valence-electron chi connectivity index (χ3n) is 3.95. The van der Waals surface area contributed by atoms with Crippen LogP contribution in [0.3, 0.4) is 0 Å². The molecule has 0 radical (unpaired) electrons. The number of nitrogens with zero attached hydrogens (tertiary/aromatic N) is 1. The molecular formula is C19H23FN2O3S. The molecule has 0 atom stereocenters. The molecule has 0 unspecified atom stereocenters. The minimum atomic E-state index is -3.43. The van der Waals surface area contributed by atoms with Crippen molar-refractivity contribution in [1.29, 1.82) is 0 Å². The highest BCUT2D eigenvalue weighted by Crippen LogP contribution is 2.07. The molecule has 2 rings (SSSR count). The van der Waals surface area contributed by atoms with Crippen LogP contribution in [-0.2, 0) is 27.8 Å². The van der Waals surface area contributed by atoms with E-state index in [-0.39, 0.29) is 31.2 Å². The number of hydrogen-bond donors (Lipinski definition) is 1. The Balaban J connectivity index is 1.83. The number of nitrogens with one attached hydrogen (secondary N) is 1. The molecule has 0 aliphatic carbocycles. The molecule has 1 N–H and O–H groups in total. The maximum atomic E-state index is 12.9. The van der Waals surface area contributed by atoms with Crippen LogP contribution in [0.4, 0.5) is 4.39 Å². The zero-order valence-corrected chi connectivity index (χ0v) is 15.5. The van der Waals surface area contributed by atoms with Crippen molar-refractivity contribution < 1.29 is 17.6 Å². The molecule has 0 saturated heterocycles. The van der Waals surface area contributed by atoms with Crippen LogP contribution in [0.2, 0.25) is 0 Å². The fourth-order valence-electron chi connectivity index (χ4n) is 2.46. The van der Waals surface area contributed by atoms with Gasteiger partial charge < -0.3 is 5.32 Å². The van der Waals surface area contributed by atoms with Gasteiger partial charge in [-0.15, -0.1) is 0 Å². The normalized spacial score (nSPS) is 11.5. The Morgan fingerprint density at radius 3 is 2.27 bits per heavy atom. The molecule has 7 heteroatoms. The fourth-order valence-corrected chi connectivity index (χ4v) is 3.31. The molecule has 0 aliphatic heterocycles. The van der Waals surface area contributed by atoms with Gasteiger partial charge in [-0.2, -0.15) is 0 Å². The van der Waals surface area contributed by atoms with Gasteiger partial charge in [-0.05, 0) is 29.7 Å². The van der Waals surface area contributed by atoms with Crippen molar-refractivity contribution in [2.75, 3.05) is 19.3 Å². The van der Waals surface area contributed by atoms with E-state index in [4.69, 9.17) is 0 Å². The van der Waals surface area contributed by atoms with Crippen molar-refractivity contribution in [2.24, 2.45) is 0 Å². The molecule has 0 fully saturated rings. The highest BCUT2D eigenvalue weighted by Gasteiger charge is 2.17. The van der Waals surface area contributed by atoms with Crippen LogP contribution in [0.1, 0.15) is 17.5 Å². The van der Waals surface area contributed by atoms with Gasteiger partial charge in [0, 0.05) is 26.1 Å². The molecule has 2 aromatic rings. The third kappa shape index (κ3) is 6.93. The summed E-state index contributed by atoms with van der Waals surface area (Å²) in [7, 11) is -3.43. The molecule has 0 spiro atoms. The second-order valence-electron chi connectivity index (χ2n) is 6.05. The van der Waals surface area contributed by atoms with Gasteiger partial charge in [-0.1, -0.05) is 42.5 Å². The van der Waals surface area contributed by atoms with E-state index in [0.717, 1.165) is 17.4 Å². The van der Waals surface area contributed by atoms with Crippen molar-refractivity contribution in [3.8, 4) is 0 Å². The molecule has 5 nitrogen and oxygen atoms in total. The van der Waals surface area contributed by atoms with Gasteiger partial charge in [-0.25, -0.2) is 17.1 Å². The lowest BCUT2D eigenvalue weighted by Crippen LogP contribution is -2.35. The van der Waals surface area contributed by atoms with Crippen LogP contribution in [0, 0.1) is 5.82 Å². The zero-order chi connectivity index (χ0) is 19.0. The Labute approximate surface area is 153 Å². The number of amides is 1. The van der Waals surface area contributed by atoms with E-state index in [1.54, 1.807) is 12.1 Å². The number of carbonyl (C=O) groups excluding carboxylic acids is 1. The highest BCUT2D eigenvalue weighted by molar-refractivity contribution is 7.88. The average molecular weight is 378 g/mol. The number of rotatable bonds is 9. The topological polar surface area (TPSA) is 66.5 Å². The minimum Gasteiger partial charge on any atom is -0.352 e. The summed E-state index contributed by atoms with van der Waals surface area (Å²) in [5.41, 5.74) is 1.82. The van der Waals surface area contributed by atoms with Gasteiger partial charge in [-0.3, -0.25) is 4.79 Å². The van der Waals surface area contributed by atoms with Crippen LogP contribution in [0.5, 0.6) is 0 Å². The standard InChI is InChI=1S/C19H23FN2O3S/c1-26(24,25)22(13-11-16-7-9-18(20)10-8-16)14-12-19(23)21-15-17-5-3-2-4-6-17/h2-10H,11-15H2,1H3,(H,21,23). The average Bonchev–Trinajstić information content (AvgIpc) is 2.61. The van der Waals surface area contributed by atoms with Gasteiger partial charge in [0.2, 0.25) is 15.9 Å². The largest absolute Gasteiger partial charge is 0.352 e. The summed E-state index contributed by atoms with van der Waals surface area (Å²) in [6.45, 7) is 0.769. The van der Waals surface area contributed by atoms with E-state index in [1.807, 2.05) is 30.3 Å². The van der Waals surface area contributed by atoms with Crippen LogP contribution >= 0.6 is 0 Å². The van der Waals surface area contributed by atoms with Crippen LogP contribution in [-0.4, -0.2) is 38.0 Å². The minimum absolute atomic E-state index is 0.0866. The Morgan fingerprint density at radius 2 is 1.65 bits per heavy atom. The summed E-state index contributed by atoms with van der Waals surface area (Å²) in [6, 6.07) is 15.4. The zero-order valence-electron chi connectivity index (χ0n) is 14.7. The molecule has 140 valence electrons. The first-order chi connectivity index (χ1) is 12.3. The highest BCUT2D eigenvalue weighted by atomic mass is 32.2. The van der Waals surface area contributed by atoms with Crippen molar-refractivity contribution in [3.63, 3.8) is 0 Å². The van der Waals surface area contributed by atoms with Gasteiger partial charge in [0.05, 0.1) is 6.26 Å². The molecule has 0 heterocycles. The predicted molar refractivity (Wildman–Crippen MR) is 99.4 cm³/mol. The fraction of sp³-hybridized carbons (Fsp3) is 0.316. The van der Waals surface area contributed by atoms with E-state index in [2.05, 4.69) is 5.32 Å². The first-order valence-corrected chi connectivity index (χ1v) is 10.2. The Morgan fingerprint density at radius 1 is 1.00 bits per heavy atom. The Hall–Kier alpha value is -2.25. The van der Waals surface area contributed by atoms with Crippen molar-refractivity contribution in [1.82, 2.24) is 9.62 Å². The summed E-state index contributed by atoms with van der Waals surface area (Å²) in [4.78, 5) is 12.0. The number of sulfonamides is 1. The first-order valence-electron chi connectivity index (χ1n) is 8.35. The van der Waals surface area contributed by atoms with E-state index in [0.29, 0.717) is 13.0 Å². The Bertz CT molecular complexity index is 808. The Kier molecular flexibility index (Phi) is 7.29. The van der Waals surface area contributed by atoms with Crippen LogP contribution < -0.4 is 5.32 Å². The van der Waals surface area contributed by atoms with E-state index in [9.17, 15) is 17.6 Å². The maximum Gasteiger partial charge on any atom is 0.221 e. The molecule has 2 aromatic carbocycles. The molecule has 1 amide bonds.